The zero-order valence-electron chi connectivity index (χ0n) is 13.6. The van der Waals surface area contributed by atoms with Crippen molar-refractivity contribution in [2.75, 3.05) is 51.9 Å². The van der Waals surface area contributed by atoms with Crippen molar-refractivity contribution in [3.05, 3.63) is 24.3 Å². The van der Waals surface area contributed by atoms with Crippen molar-refractivity contribution in [2.45, 2.75) is 6.10 Å². The smallest absolute Gasteiger partial charge is 0.497 e. The van der Waals surface area contributed by atoms with Gasteiger partial charge in [-0.25, -0.2) is 4.79 Å². The van der Waals surface area contributed by atoms with E-state index in [0.29, 0.717) is 23.3 Å². The highest BCUT2D eigenvalue weighted by molar-refractivity contribution is 6.54. The minimum Gasteiger partial charge on any atom is -0.497 e. The second-order valence-electron chi connectivity index (χ2n) is 6.40. The molecule has 3 aliphatic rings. The van der Waals surface area contributed by atoms with Crippen molar-refractivity contribution < 1.29 is 32.6 Å². The standard InChI is InChI=1S/C15H21BN2O6/c1-20-13-4-2-12(3-5-13)17-15(19)21-11-14-10-18-6-8-22-16(18,24-14)23-9-7-18/h2-5,14H,6-11H2,1H3,(H,17,19)/t14-,16?,18?/m0/s1. The second kappa shape index (κ2) is 5.93. The van der Waals surface area contributed by atoms with Gasteiger partial charge in [-0.3, -0.25) is 5.32 Å². The molecule has 0 spiro atoms. The van der Waals surface area contributed by atoms with E-state index in [4.69, 9.17) is 23.4 Å². The van der Waals surface area contributed by atoms with Crippen LogP contribution in [-0.2, 0) is 18.7 Å². The van der Waals surface area contributed by atoms with Gasteiger partial charge in [-0.15, -0.1) is 0 Å². The first-order valence-corrected chi connectivity index (χ1v) is 8.17. The Morgan fingerprint density at radius 2 is 2.00 bits per heavy atom. The summed E-state index contributed by atoms with van der Waals surface area (Å²) in [6.45, 7) is 2.35. The van der Waals surface area contributed by atoms with Crippen molar-refractivity contribution in [1.29, 1.82) is 0 Å². The van der Waals surface area contributed by atoms with Gasteiger partial charge in [0.15, 0.2) is 0 Å². The molecule has 3 heterocycles. The number of methoxy groups -OCH3 is 1. The minimum absolute atomic E-state index is 0.179. The molecular formula is C15H21BN2O6. The Balaban J connectivity index is 1.29. The maximum atomic E-state index is 11.9. The number of carbonyl (C=O) groups is 1. The molecule has 0 aromatic heterocycles. The normalized spacial score (nSPS) is 33.8. The Bertz CT molecular complexity index is 595. The van der Waals surface area contributed by atoms with Crippen LogP contribution in [0.25, 0.3) is 0 Å². The molecule has 0 radical (unpaired) electrons. The number of benzene rings is 1. The Labute approximate surface area is 140 Å². The van der Waals surface area contributed by atoms with Gasteiger partial charge in [0.1, 0.15) is 18.5 Å². The van der Waals surface area contributed by atoms with Crippen LogP contribution < -0.4 is 10.1 Å². The Morgan fingerprint density at radius 3 is 2.62 bits per heavy atom. The first-order valence-electron chi connectivity index (χ1n) is 8.17. The van der Waals surface area contributed by atoms with Gasteiger partial charge < -0.3 is 27.8 Å². The molecule has 3 saturated heterocycles. The van der Waals surface area contributed by atoms with Crippen LogP contribution in [0.5, 0.6) is 5.75 Å². The van der Waals surface area contributed by atoms with E-state index < -0.39 is 13.0 Å². The third kappa shape index (κ3) is 2.53. The first-order chi connectivity index (χ1) is 11.6. The van der Waals surface area contributed by atoms with Crippen LogP contribution in [0.4, 0.5) is 10.5 Å². The van der Waals surface area contributed by atoms with E-state index in [1.54, 1.807) is 31.4 Å². The van der Waals surface area contributed by atoms with Crippen LogP contribution in [0, 0.1) is 0 Å². The summed E-state index contributed by atoms with van der Waals surface area (Å²) in [6, 6.07) is 7.04. The average molecular weight is 336 g/mol. The molecule has 1 N–H and O–H groups in total. The van der Waals surface area contributed by atoms with Crippen LogP contribution >= 0.6 is 0 Å². The molecule has 9 heteroatoms. The summed E-state index contributed by atoms with van der Waals surface area (Å²) in [5.41, 5.74) is 0.644. The van der Waals surface area contributed by atoms with Crippen LogP contribution in [0.15, 0.2) is 24.3 Å². The lowest BCUT2D eigenvalue weighted by atomic mass is 9.94. The molecule has 4 rings (SSSR count). The van der Waals surface area contributed by atoms with Crippen molar-refractivity contribution in [3.8, 4) is 5.75 Å². The maximum Gasteiger partial charge on any atom is 0.625 e. The number of nitrogens with zero attached hydrogens (tertiary/aromatic N) is 1. The highest BCUT2D eigenvalue weighted by Gasteiger charge is 2.66. The number of amides is 1. The topological polar surface area (TPSA) is 75.3 Å². The van der Waals surface area contributed by atoms with Gasteiger partial charge in [-0.2, -0.15) is 0 Å². The molecule has 3 aliphatic heterocycles. The lowest BCUT2D eigenvalue weighted by Gasteiger charge is -2.37. The lowest BCUT2D eigenvalue weighted by molar-refractivity contribution is -0.816. The minimum atomic E-state index is -1.70. The number of quaternary nitrogens is 1. The fourth-order valence-electron chi connectivity index (χ4n) is 3.86. The van der Waals surface area contributed by atoms with Crippen molar-refractivity contribution in [1.82, 2.24) is 0 Å². The van der Waals surface area contributed by atoms with E-state index in [1.807, 2.05) is 0 Å². The molecule has 24 heavy (non-hydrogen) atoms. The summed E-state index contributed by atoms with van der Waals surface area (Å²) >= 11 is 0. The van der Waals surface area contributed by atoms with E-state index in [2.05, 4.69) is 5.32 Å². The molecule has 0 bridgehead atoms. The van der Waals surface area contributed by atoms with E-state index in [0.717, 1.165) is 25.4 Å². The van der Waals surface area contributed by atoms with Crippen LogP contribution in [0.2, 0.25) is 0 Å². The van der Waals surface area contributed by atoms with Crippen LogP contribution in [0.3, 0.4) is 0 Å². The number of ether oxygens (including phenoxy) is 2. The fourth-order valence-corrected chi connectivity index (χ4v) is 3.86. The summed E-state index contributed by atoms with van der Waals surface area (Å²) in [6.07, 6.45) is -0.713. The number of nitrogens with one attached hydrogen (secondary N) is 1. The van der Waals surface area contributed by atoms with Gasteiger partial charge in [0.2, 0.25) is 0 Å². The summed E-state index contributed by atoms with van der Waals surface area (Å²) in [7, 11) is 1.59. The number of hydrogen-bond donors (Lipinski definition) is 1. The van der Waals surface area contributed by atoms with E-state index in [9.17, 15) is 4.79 Å². The van der Waals surface area contributed by atoms with Crippen LogP contribution in [-0.4, -0.2) is 70.0 Å². The molecule has 1 amide bonds. The molecule has 1 aromatic rings. The van der Waals surface area contributed by atoms with Gasteiger partial charge >= 0.3 is 13.0 Å². The molecule has 0 aliphatic carbocycles. The number of rotatable bonds is 4. The van der Waals surface area contributed by atoms with Gasteiger partial charge in [-0.05, 0) is 24.3 Å². The first kappa shape index (κ1) is 15.7. The molecular weight excluding hydrogens is 315 g/mol. The zero-order valence-corrected chi connectivity index (χ0v) is 13.6. The molecule has 0 unspecified atom stereocenters. The van der Waals surface area contributed by atoms with Crippen molar-refractivity contribution >= 4 is 18.7 Å². The molecule has 130 valence electrons. The highest BCUT2D eigenvalue weighted by Crippen LogP contribution is 2.41. The third-order valence-corrected chi connectivity index (χ3v) is 5.07. The molecule has 8 nitrogen and oxygen atoms in total. The van der Waals surface area contributed by atoms with Gasteiger partial charge in [-0.1, -0.05) is 0 Å². The van der Waals surface area contributed by atoms with Gasteiger partial charge in [0, 0.05) is 5.69 Å². The zero-order chi connectivity index (χ0) is 16.6. The SMILES string of the molecule is COc1ccc(NC(=O)OC[C@@H]2C[N+]34CCO[B-]3(OCC4)O2)cc1. The monoisotopic (exact) mass is 336 g/mol. The van der Waals surface area contributed by atoms with Crippen molar-refractivity contribution in [3.63, 3.8) is 0 Å². The predicted molar refractivity (Wildman–Crippen MR) is 85.4 cm³/mol. The number of carbonyl (C=O) groups excluding carboxylic acids is 1. The number of anilines is 1. The molecule has 3 fully saturated rings. The Hall–Kier alpha value is -1.81. The second-order valence-corrected chi connectivity index (χ2v) is 6.40. The number of hydrogen-bond acceptors (Lipinski definition) is 6. The molecule has 1 aromatic carbocycles. The molecule has 0 saturated carbocycles. The lowest BCUT2D eigenvalue weighted by Crippen LogP contribution is -2.59. The summed E-state index contributed by atoms with van der Waals surface area (Å²) in [5, 5.41) is 2.68. The third-order valence-electron chi connectivity index (χ3n) is 5.07. The summed E-state index contributed by atoms with van der Waals surface area (Å²) in [4.78, 5) is 11.9. The summed E-state index contributed by atoms with van der Waals surface area (Å²) in [5.74, 6) is 0.727. The molecule has 1 atom stereocenters. The van der Waals surface area contributed by atoms with Crippen LogP contribution in [0.1, 0.15) is 0 Å². The predicted octanol–water partition coefficient (Wildman–Crippen LogP) is 0.955. The van der Waals surface area contributed by atoms with Gasteiger partial charge in [0.05, 0.1) is 40.0 Å². The van der Waals surface area contributed by atoms with E-state index >= 15 is 0 Å². The Morgan fingerprint density at radius 1 is 1.29 bits per heavy atom. The van der Waals surface area contributed by atoms with E-state index in [1.165, 1.54) is 0 Å². The average Bonchev–Trinajstić information content (AvgIpc) is 3.15. The largest absolute Gasteiger partial charge is 0.625 e. The Kier molecular flexibility index (Phi) is 3.88. The van der Waals surface area contributed by atoms with E-state index in [-0.39, 0.29) is 12.7 Å². The maximum absolute atomic E-state index is 11.9. The fraction of sp³-hybridized carbons (Fsp3) is 0.533. The quantitative estimate of drug-likeness (QED) is 0.826. The summed E-state index contributed by atoms with van der Waals surface area (Å²) < 4.78 is 28.6. The van der Waals surface area contributed by atoms with Crippen molar-refractivity contribution in [2.24, 2.45) is 0 Å². The highest BCUT2D eigenvalue weighted by atomic mass is 16.8. The van der Waals surface area contributed by atoms with Gasteiger partial charge in [0.25, 0.3) is 0 Å².